The van der Waals surface area contributed by atoms with Gasteiger partial charge in [0.05, 0.1) is 5.54 Å². The number of aromatic nitrogens is 1. The van der Waals surface area contributed by atoms with Gasteiger partial charge in [-0.3, -0.25) is 9.59 Å². The molecule has 0 saturated carbocycles. The van der Waals surface area contributed by atoms with Crippen LogP contribution in [0.4, 0.5) is 5.69 Å². The van der Waals surface area contributed by atoms with E-state index in [0.29, 0.717) is 11.1 Å². The topological polar surface area (TPSA) is 88.0 Å². The molecule has 5 heteroatoms. The van der Waals surface area contributed by atoms with Crippen molar-refractivity contribution < 1.29 is 4.79 Å². The average Bonchev–Trinajstić information content (AvgIpc) is 2.28. The number of carbonyl (C=O) groups is 1. The molecular weight excluding hydrogens is 230 g/mol. The number of nitrogens with two attached hydrogens (primary N) is 1. The van der Waals surface area contributed by atoms with Gasteiger partial charge >= 0.3 is 0 Å². The van der Waals surface area contributed by atoms with Gasteiger partial charge < -0.3 is 16.0 Å². The Kier molecular flexibility index (Phi) is 2.92. The summed E-state index contributed by atoms with van der Waals surface area (Å²) >= 11 is 0. The molecule has 5 nitrogen and oxygen atoms in total. The molecule has 0 radical (unpaired) electrons. The first kappa shape index (κ1) is 12.3. The fourth-order valence-electron chi connectivity index (χ4n) is 1.56. The number of H-pyrrole nitrogens is 1. The van der Waals surface area contributed by atoms with Gasteiger partial charge in [-0.05, 0) is 43.5 Å². The highest BCUT2D eigenvalue weighted by Gasteiger charge is 2.21. The molecule has 0 saturated heterocycles. The fourth-order valence-corrected chi connectivity index (χ4v) is 1.56. The van der Waals surface area contributed by atoms with E-state index in [1.54, 1.807) is 44.3 Å². The standard InChI is InChI=1S/C13H15N3O2/c1-13(2,14)12(18)16-9-3-4-10-8(7-9)5-6-15-11(10)17/h3-7H,14H2,1-2H3,(H,15,17)(H,16,18). The smallest absolute Gasteiger partial charge is 0.255 e. The molecule has 0 unspecified atom stereocenters. The zero-order valence-electron chi connectivity index (χ0n) is 10.3. The van der Waals surface area contributed by atoms with Crippen molar-refractivity contribution in [3.63, 3.8) is 0 Å². The van der Waals surface area contributed by atoms with E-state index in [0.717, 1.165) is 5.39 Å². The number of anilines is 1. The van der Waals surface area contributed by atoms with E-state index in [2.05, 4.69) is 10.3 Å². The predicted octanol–water partition coefficient (Wildman–Crippen LogP) is 1.20. The summed E-state index contributed by atoms with van der Waals surface area (Å²) in [6.45, 7) is 3.27. The summed E-state index contributed by atoms with van der Waals surface area (Å²) in [6, 6.07) is 6.88. The Balaban J connectivity index is 2.37. The van der Waals surface area contributed by atoms with Crippen LogP contribution in [0.25, 0.3) is 10.8 Å². The number of benzene rings is 1. The minimum absolute atomic E-state index is 0.149. The van der Waals surface area contributed by atoms with Gasteiger partial charge in [-0.2, -0.15) is 0 Å². The van der Waals surface area contributed by atoms with Gasteiger partial charge in [-0.25, -0.2) is 0 Å². The van der Waals surface area contributed by atoms with Crippen molar-refractivity contribution in [2.75, 3.05) is 5.32 Å². The van der Waals surface area contributed by atoms with Crippen LogP contribution in [0.2, 0.25) is 0 Å². The lowest BCUT2D eigenvalue weighted by molar-refractivity contribution is -0.120. The van der Waals surface area contributed by atoms with E-state index in [1.165, 1.54) is 0 Å². The fraction of sp³-hybridized carbons (Fsp3) is 0.231. The molecule has 0 aliphatic heterocycles. The monoisotopic (exact) mass is 245 g/mol. The van der Waals surface area contributed by atoms with Crippen LogP contribution in [0.5, 0.6) is 0 Å². The normalized spacial score (nSPS) is 11.5. The molecule has 94 valence electrons. The molecule has 0 atom stereocenters. The molecule has 2 aromatic rings. The maximum atomic E-state index is 11.7. The van der Waals surface area contributed by atoms with Crippen LogP contribution < -0.4 is 16.6 Å². The molecule has 18 heavy (non-hydrogen) atoms. The third-order valence-corrected chi connectivity index (χ3v) is 2.62. The van der Waals surface area contributed by atoms with Crippen molar-refractivity contribution in [2.45, 2.75) is 19.4 Å². The van der Waals surface area contributed by atoms with E-state index < -0.39 is 5.54 Å². The number of carbonyl (C=O) groups excluding carboxylic acids is 1. The molecule has 0 spiro atoms. The Labute approximate surface area is 104 Å². The lowest BCUT2D eigenvalue weighted by Crippen LogP contribution is -2.45. The molecule has 1 amide bonds. The number of aromatic amines is 1. The first-order valence-corrected chi connectivity index (χ1v) is 5.60. The molecule has 0 fully saturated rings. The second-order valence-corrected chi connectivity index (χ2v) is 4.78. The predicted molar refractivity (Wildman–Crippen MR) is 71.5 cm³/mol. The number of nitrogens with one attached hydrogen (secondary N) is 2. The van der Waals surface area contributed by atoms with Crippen LogP contribution >= 0.6 is 0 Å². The Hall–Kier alpha value is -2.14. The van der Waals surface area contributed by atoms with E-state index in [9.17, 15) is 9.59 Å². The number of amides is 1. The Morgan fingerprint density at radius 3 is 2.72 bits per heavy atom. The summed E-state index contributed by atoms with van der Waals surface area (Å²) in [4.78, 5) is 25.8. The Morgan fingerprint density at radius 1 is 1.33 bits per heavy atom. The molecule has 1 aromatic heterocycles. The Bertz CT molecular complexity index is 653. The maximum absolute atomic E-state index is 11.7. The third-order valence-electron chi connectivity index (χ3n) is 2.62. The van der Waals surface area contributed by atoms with E-state index in [4.69, 9.17) is 5.73 Å². The van der Waals surface area contributed by atoms with Gasteiger partial charge in [-0.1, -0.05) is 0 Å². The van der Waals surface area contributed by atoms with Crippen LogP contribution in [0.15, 0.2) is 35.3 Å². The average molecular weight is 245 g/mol. The van der Waals surface area contributed by atoms with Crippen LogP contribution in [0.3, 0.4) is 0 Å². The molecular formula is C13H15N3O2. The van der Waals surface area contributed by atoms with Crippen molar-refractivity contribution in [3.8, 4) is 0 Å². The highest BCUT2D eigenvalue weighted by molar-refractivity contribution is 5.99. The molecule has 0 bridgehead atoms. The molecule has 1 heterocycles. The van der Waals surface area contributed by atoms with Gasteiger partial charge in [0.15, 0.2) is 0 Å². The number of hydrogen-bond acceptors (Lipinski definition) is 3. The van der Waals surface area contributed by atoms with Crippen LogP contribution in [-0.2, 0) is 4.79 Å². The molecule has 0 aliphatic carbocycles. The Morgan fingerprint density at radius 2 is 2.06 bits per heavy atom. The molecule has 4 N–H and O–H groups in total. The van der Waals surface area contributed by atoms with Crippen LogP contribution in [0, 0.1) is 0 Å². The second kappa shape index (κ2) is 4.27. The highest BCUT2D eigenvalue weighted by Crippen LogP contribution is 2.16. The van der Waals surface area contributed by atoms with Gasteiger partial charge in [0.1, 0.15) is 0 Å². The van der Waals surface area contributed by atoms with Crippen LogP contribution in [0.1, 0.15) is 13.8 Å². The first-order chi connectivity index (χ1) is 8.38. The second-order valence-electron chi connectivity index (χ2n) is 4.78. The third kappa shape index (κ3) is 2.41. The number of hydrogen-bond donors (Lipinski definition) is 3. The van der Waals surface area contributed by atoms with E-state index in [-0.39, 0.29) is 11.5 Å². The summed E-state index contributed by atoms with van der Waals surface area (Å²) in [5.41, 5.74) is 5.23. The maximum Gasteiger partial charge on any atom is 0.255 e. The van der Waals surface area contributed by atoms with Gasteiger partial charge in [0, 0.05) is 17.3 Å². The molecule has 1 aromatic carbocycles. The van der Waals surface area contributed by atoms with E-state index in [1.807, 2.05) is 0 Å². The van der Waals surface area contributed by atoms with Crippen molar-refractivity contribution in [2.24, 2.45) is 5.73 Å². The van der Waals surface area contributed by atoms with Crippen molar-refractivity contribution in [1.29, 1.82) is 0 Å². The minimum Gasteiger partial charge on any atom is -0.329 e. The van der Waals surface area contributed by atoms with Crippen molar-refractivity contribution in [1.82, 2.24) is 4.98 Å². The van der Waals surface area contributed by atoms with Gasteiger partial charge in [0.25, 0.3) is 5.56 Å². The summed E-state index contributed by atoms with van der Waals surface area (Å²) in [6.07, 6.45) is 1.57. The summed E-state index contributed by atoms with van der Waals surface area (Å²) < 4.78 is 0. The zero-order chi connectivity index (χ0) is 13.3. The van der Waals surface area contributed by atoms with Crippen molar-refractivity contribution >= 4 is 22.4 Å². The summed E-state index contributed by atoms with van der Waals surface area (Å²) in [5, 5.41) is 4.07. The first-order valence-electron chi connectivity index (χ1n) is 5.60. The largest absolute Gasteiger partial charge is 0.329 e. The lowest BCUT2D eigenvalue weighted by atomic mass is 10.1. The number of rotatable bonds is 2. The number of fused-ring (bicyclic) bond motifs is 1. The summed E-state index contributed by atoms with van der Waals surface area (Å²) in [5.74, 6) is -0.272. The van der Waals surface area contributed by atoms with Gasteiger partial charge in [-0.15, -0.1) is 0 Å². The molecule has 0 aliphatic rings. The zero-order valence-corrected chi connectivity index (χ0v) is 10.3. The van der Waals surface area contributed by atoms with Gasteiger partial charge in [0.2, 0.25) is 5.91 Å². The highest BCUT2D eigenvalue weighted by atomic mass is 16.2. The lowest BCUT2D eigenvalue weighted by Gasteiger charge is -2.17. The van der Waals surface area contributed by atoms with Crippen LogP contribution in [-0.4, -0.2) is 16.4 Å². The SMILES string of the molecule is CC(C)(N)C(=O)Nc1ccc2c(=O)[nH]ccc2c1. The minimum atomic E-state index is -0.941. The van der Waals surface area contributed by atoms with Crippen molar-refractivity contribution in [3.05, 3.63) is 40.8 Å². The van der Waals surface area contributed by atoms with E-state index >= 15 is 0 Å². The molecule has 2 rings (SSSR count). The number of pyridine rings is 1. The summed E-state index contributed by atoms with van der Waals surface area (Å²) in [7, 11) is 0. The quantitative estimate of drug-likeness (QED) is 0.743.